The zero-order valence-electron chi connectivity index (χ0n) is 16.9. The third kappa shape index (κ3) is 5.16. The van der Waals surface area contributed by atoms with E-state index in [0.29, 0.717) is 18.1 Å². The van der Waals surface area contributed by atoms with Gasteiger partial charge in [0.15, 0.2) is 17.3 Å². The largest absolute Gasteiger partial charge is 0.379 e. The number of nitrogens with zero attached hydrogens (tertiary/aromatic N) is 3. The summed E-state index contributed by atoms with van der Waals surface area (Å²) in [5.41, 5.74) is 2.95. The summed E-state index contributed by atoms with van der Waals surface area (Å²) >= 11 is 0. The van der Waals surface area contributed by atoms with Gasteiger partial charge in [0.2, 0.25) is 5.91 Å². The molecular formula is C22H22FN5O2. The van der Waals surface area contributed by atoms with Gasteiger partial charge in [0.25, 0.3) is 0 Å². The van der Waals surface area contributed by atoms with Crippen LogP contribution in [0.25, 0.3) is 0 Å². The van der Waals surface area contributed by atoms with Gasteiger partial charge in [-0.2, -0.15) is 0 Å². The van der Waals surface area contributed by atoms with E-state index in [0.717, 1.165) is 16.9 Å². The van der Waals surface area contributed by atoms with Crippen LogP contribution in [0.2, 0.25) is 0 Å². The van der Waals surface area contributed by atoms with Crippen LogP contribution in [0.15, 0.2) is 54.6 Å². The molecule has 1 heterocycles. The average molecular weight is 407 g/mol. The Labute approximate surface area is 173 Å². The normalized spacial score (nSPS) is 10.4. The van der Waals surface area contributed by atoms with E-state index in [1.54, 1.807) is 30.1 Å². The molecule has 0 saturated heterocycles. The third-order valence-corrected chi connectivity index (χ3v) is 4.50. The van der Waals surface area contributed by atoms with Crippen molar-refractivity contribution in [2.75, 3.05) is 22.6 Å². The molecule has 0 atom stereocenters. The van der Waals surface area contributed by atoms with E-state index < -0.39 is 0 Å². The molecule has 2 N–H and O–H groups in total. The highest BCUT2D eigenvalue weighted by Gasteiger charge is 2.12. The minimum atomic E-state index is -0.324. The maximum absolute atomic E-state index is 13.4. The fourth-order valence-corrected chi connectivity index (χ4v) is 2.79. The summed E-state index contributed by atoms with van der Waals surface area (Å²) in [5.74, 6) is -0.174. The van der Waals surface area contributed by atoms with Crippen molar-refractivity contribution in [2.45, 2.75) is 20.4 Å². The molecule has 0 saturated carbocycles. The fraction of sp³-hybridized carbons (Fsp3) is 0.182. The molecule has 1 amide bonds. The molecule has 30 heavy (non-hydrogen) atoms. The molecule has 3 aromatic rings. The number of amides is 1. The number of aromatic nitrogens is 2. The van der Waals surface area contributed by atoms with Gasteiger partial charge < -0.3 is 15.5 Å². The molecule has 0 spiro atoms. The lowest BCUT2D eigenvalue weighted by molar-refractivity contribution is -0.116. The summed E-state index contributed by atoms with van der Waals surface area (Å²) in [6, 6.07) is 15.1. The Hall–Kier alpha value is -3.81. The Morgan fingerprint density at radius 2 is 1.77 bits per heavy atom. The monoisotopic (exact) mass is 407 g/mol. The van der Waals surface area contributed by atoms with Gasteiger partial charge in [0.05, 0.1) is 5.69 Å². The number of ketones is 1. The van der Waals surface area contributed by atoms with Gasteiger partial charge in [-0.3, -0.25) is 9.59 Å². The average Bonchev–Trinajstić information content (AvgIpc) is 2.72. The lowest BCUT2D eigenvalue weighted by Gasteiger charge is -2.16. The molecule has 0 radical (unpaired) electrons. The van der Waals surface area contributed by atoms with Crippen molar-refractivity contribution >= 4 is 34.6 Å². The molecule has 0 fully saturated rings. The third-order valence-electron chi connectivity index (χ3n) is 4.50. The van der Waals surface area contributed by atoms with E-state index in [1.165, 1.54) is 26.0 Å². The lowest BCUT2D eigenvalue weighted by Crippen LogP contribution is -2.22. The second kappa shape index (κ2) is 9.13. The lowest BCUT2D eigenvalue weighted by atomic mass is 10.2. The molecule has 0 unspecified atom stereocenters. The summed E-state index contributed by atoms with van der Waals surface area (Å²) in [6.45, 7) is 3.24. The Morgan fingerprint density at radius 3 is 2.40 bits per heavy atom. The number of hydrogen-bond donors (Lipinski definition) is 2. The van der Waals surface area contributed by atoms with Crippen LogP contribution in [0.4, 0.5) is 27.3 Å². The van der Waals surface area contributed by atoms with Crippen LogP contribution in [-0.4, -0.2) is 28.9 Å². The van der Waals surface area contributed by atoms with E-state index in [-0.39, 0.29) is 23.2 Å². The molecule has 0 aliphatic rings. The second-order valence-electron chi connectivity index (χ2n) is 6.78. The van der Waals surface area contributed by atoms with Crippen LogP contribution in [0.1, 0.15) is 29.9 Å². The van der Waals surface area contributed by atoms with E-state index >= 15 is 0 Å². The Bertz CT molecular complexity index is 1070. The topological polar surface area (TPSA) is 87.2 Å². The van der Waals surface area contributed by atoms with Crippen LogP contribution < -0.4 is 15.5 Å². The first-order valence-corrected chi connectivity index (χ1v) is 9.32. The van der Waals surface area contributed by atoms with Gasteiger partial charge in [0, 0.05) is 44.9 Å². The number of anilines is 4. The minimum Gasteiger partial charge on any atom is -0.379 e. The Morgan fingerprint density at radius 1 is 1.03 bits per heavy atom. The van der Waals surface area contributed by atoms with Gasteiger partial charge in [-0.1, -0.05) is 12.1 Å². The van der Waals surface area contributed by atoms with E-state index in [1.807, 2.05) is 24.3 Å². The molecular weight excluding hydrogens is 385 g/mol. The van der Waals surface area contributed by atoms with Crippen LogP contribution in [-0.2, 0) is 11.3 Å². The SMILES string of the molecule is CC(=O)c1nnc(Nc2ccc(N(C)C(C)=O)cc2)cc1NCc1cccc(F)c1. The van der Waals surface area contributed by atoms with Crippen molar-refractivity contribution in [1.82, 2.24) is 10.2 Å². The predicted molar refractivity (Wildman–Crippen MR) is 115 cm³/mol. The second-order valence-corrected chi connectivity index (χ2v) is 6.78. The maximum Gasteiger partial charge on any atom is 0.223 e. The van der Waals surface area contributed by atoms with E-state index in [9.17, 15) is 14.0 Å². The molecule has 3 rings (SSSR count). The first-order valence-electron chi connectivity index (χ1n) is 9.32. The Balaban J connectivity index is 1.78. The minimum absolute atomic E-state index is 0.0598. The maximum atomic E-state index is 13.4. The zero-order chi connectivity index (χ0) is 21.7. The fourth-order valence-electron chi connectivity index (χ4n) is 2.79. The molecule has 154 valence electrons. The van der Waals surface area contributed by atoms with Crippen molar-refractivity contribution in [3.63, 3.8) is 0 Å². The predicted octanol–water partition coefficient (Wildman–Crippen LogP) is 4.16. The number of hydrogen-bond acceptors (Lipinski definition) is 6. The molecule has 8 heteroatoms. The first-order chi connectivity index (χ1) is 14.3. The summed E-state index contributed by atoms with van der Waals surface area (Å²) in [7, 11) is 1.70. The van der Waals surface area contributed by atoms with Gasteiger partial charge in [-0.05, 0) is 42.0 Å². The zero-order valence-corrected chi connectivity index (χ0v) is 16.9. The molecule has 0 bridgehead atoms. The number of benzene rings is 2. The molecule has 7 nitrogen and oxygen atoms in total. The summed E-state index contributed by atoms with van der Waals surface area (Å²) in [4.78, 5) is 24.9. The van der Waals surface area contributed by atoms with E-state index in [4.69, 9.17) is 0 Å². The Kier molecular flexibility index (Phi) is 6.36. The van der Waals surface area contributed by atoms with Crippen LogP contribution in [0, 0.1) is 5.82 Å². The number of halogens is 1. The molecule has 2 aromatic carbocycles. The van der Waals surface area contributed by atoms with Gasteiger partial charge >= 0.3 is 0 Å². The summed E-state index contributed by atoms with van der Waals surface area (Å²) in [6.07, 6.45) is 0. The standard InChI is InChI=1S/C22H22FN5O2/c1-14(29)22-20(24-13-16-5-4-6-17(23)11-16)12-21(26-27-22)25-18-7-9-19(10-8-18)28(3)15(2)30/h4-12H,13H2,1-3H3,(H2,24,25,26). The number of rotatable bonds is 7. The van der Waals surface area contributed by atoms with Crippen LogP contribution in [0.5, 0.6) is 0 Å². The van der Waals surface area contributed by atoms with Gasteiger partial charge in [-0.25, -0.2) is 4.39 Å². The highest BCUT2D eigenvalue weighted by Crippen LogP contribution is 2.23. The summed E-state index contributed by atoms with van der Waals surface area (Å²) < 4.78 is 13.4. The summed E-state index contributed by atoms with van der Waals surface area (Å²) in [5, 5.41) is 14.3. The van der Waals surface area contributed by atoms with Gasteiger partial charge in [0.1, 0.15) is 5.82 Å². The van der Waals surface area contributed by atoms with Crippen molar-refractivity contribution in [2.24, 2.45) is 0 Å². The number of carbonyl (C=O) groups is 2. The highest BCUT2D eigenvalue weighted by molar-refractivity contribution is 5.97. The smallest absolute Gasteiger partial charge is 0.223 e. The van der Waals surface area contributed by atoms with Crippen molar-refractivity contribution in [3.8, 4) is 0 Å². The van der Waals surface area contributed by atoms with Crippen LogP contribution in [0.3, 0.4) is 0 Å². The molecule has 0 aliphatic carbocycles. The van der Waals surface area contributed by atoms with E-state index in [2.05, 4.69) is 20.8 Å². The quantitative estimate of drug-likeness (QED) is 0.572. The molecule has 0 aliphatic heterocycles. The number of carbonyl (C=O) groups excluding carboxylic acids is 2. The number of Topliss-reactive ketones (excluding diaryl/α,β-unsaturated/α-hetero) is 1. The van der Waals surface area contributed by atoms with Crippen molar-refractivity contribution < 1.29 is 14.0 Å². The number of nitrogens with one attached hydrogen (secondary N) is 2. The van der Waals surface area contributed by atoms with Gasteiger partial charge in [-0.15, -0.1) is 10.2 Å². The highest BCUT2D eigenvalue weighted by atomic mass is 19.1. The van der Waals surface area contributed by atoms with Crippen LogP contribution >= 0.6 is 0 Å². The van der Waals surface area contributed by atoms with Crippen molar-refractivity contribution in [3.05, 3.63) is 71.7 Å². The van der Waals surface area contributed by atoms with Crippen molar-refractivity contribution in [1.29, 1.82) is 0 Å². The first kappa shape index (κ1) is 20.9. The molecule has 1 aromatic heterocycles.